The molecule has 0 radical (unpaired) electrons. The van der Waals surface area contributed by atoms with Crippen molar-refractivity contribution in [1.82, 2.24) is 9.88 Å². The van der Waals surface area contributed by atoms with Crippen LogP contribution >= 0.6 is 11.8 Å². The molecule has 4 nitrogen and oxygen atoms in total. The highest BCUT2D eigenvalue weighted by molar-refractivity contribution is 8.00. The number of hydrogen-bond donors (Lipinski definition) is 1. The molecule has 2 rings (SSSR count). The van der Waals surface area contributed by atoms with Gasteiger partial charge in [0.25, 0.3) is 5.91 Å². The molecule has 1 fully saturated rings. The van der Waals surface area contributed by atoms with Crippen molar-refractivity contribution in [3.63, 3.8) is 0 Å². The van der Waals surface area contributed by atoms with Gasteiger partial charge < -0.3 is 10.2 Å². The molecule has 1 amide bonds. The largest absolute Gasteiger partial charge is 0.384 e. The van der Waals surface area contributed by atoms with Gasteiger partial charge in [0.1, 0.15) is 5.69 Å². The van der Waals surface area contributed by atoms with Gasteiger partial charge in [0.05, 0.1) is 0 Å². The average molecular weight is 307 g/mol. The van der Waals surface area contributed by atoms with Crippen molar-refractivity contribution in [2.45, 2.75) is 37.9 Å². The normalized spacial score (nSPS) is 16.1. The highest BCUT2D eigenvalue weighted by Gasteiger charge is 2.35. The SMILES string of the molecule is CCN(CC)C(=O)c1cc(NCC2(SC)CCC2)ccn1. The van der Waals surface area contributed by atoms with Crippen LogP contribution in [-0.4, -0.2) is 46.4 Å². The van der Waals surface area contributed by atoms with Gasteiger partial charge in [0.15, 0.2) is 0 Å². The van der Waals surface area contributed by atoms with Crippen molar-refractivity contribution in [2.75, 3.05) is 31.2 Å². The van der Waals surface area contributed by atoms with Crippen LogP contribution in [-0.2, 0) is 0 Å². The summed E-state index contributed by atoms with van der Waals surface area (Å²) in [4.78, 5) is 18.3. The van der Waals surface area contributed by atoms with E-state index in [0.29, 0.717) is 23.5 Å². The molecule has 1 aromatic heterocycles. The van der Waals surface area contributed by atoms with Gasteiger partial charge in [-0.05, 0) is 45.1 Å². The predicted molar refractivity (Wildman–Crippen MR) is 90.1 cm³/mol. The summed E-state index contributed by atoms with van der Waals surface area (Å²) in [5.41, 5.74) is 1.51. The highest BCUT2D eigenvalue weighted by atomic mass is 32.2. The number of amides is 1. The van der Waals surface area contributed by atoms with Crippen molar-refractivity contribution in [1.29, 1.82) is 0 Å². The number of thioether (sulfide) groups is 1. The van der Waals surface area contributed by atoms with Gasteiger partial charge in [-0.1, -0.05) is 6.42 Å². The molecular weight excluding hydrogens is 282 g/mol. The second-order valence-corrected chi connectivity index (χ2v) is 6.78. The standard InChI is InChI=1S/C16H25N3OS/c1-4-19(5-2)15(20)14-11-13(7-10-17-14)18-12-16(21-3)8-6-9-16/h7,10-11H,4-6,8-9,12H2,1-3H3,(H,17,18). The monoisotopic (exact) mass is 307 g/mol. The number of aromatic nitrogens is 1. The second-order valence-electron chi connectivity index (χ2n) is 5.50. The first-order valence-corrected chi connectivity index (χ1v) is 8.91. The molecule has 0 saturated heterocycles. The summed E-state index contributed by atoms with van der Waals surface area (Å²) in [6, 6.07) is 3.80. The van der Waals surface area contributed by atoms with E-state index in [1.807, 2.05) is 37.7 Å². The third-order valence-electron chi connectivity index (χ3n) is 4.34. The molecule has 1 aromatic rings. The van der Waals surface area contributed by atoms with E-state index in [1.165, 1.54) is 19.3 Å². The lowest BCUT2D eigenvalue weighted by Crippen LogP contribution is -2.40. The number of nitrogens with one attached hydrogen (secondary N) is 1. The zero-order valence-corrected chi connectivity index (χ0v) is 14.0. The number of nitrogens with zero attached hydrogens (tertiary/aromatic N) is 2. The van der Waals surface area contributed by atoms with Crippen LogP contribution in [0.25, 0.3) is 0 Å². The van der Waals surface area contributed by atoms with E-state index in [9.17, 15) is 4.79 Å². The second kappa shape index (κ2) is 7.16. The highest BCUT2D eigenvalue weighted by Crippen LogP contribution is 2.42. The van der Waals surface area contributed by atoms with E-state index >= 15 is 0 Å². The molecule has 1 N–H and O–H groups in total. The molecule has 21 heavy (non-hydrogen) atoms. The van der Waals surface area contributed by atoms with Crippen LogP contribution in [0.3, 0.4) is 0 Å². The number of rotatable bonds is 7. The summed E-state index contributed by atoms with van der Waals surface area (Å²) in [7, 11) is 0. The fourth-order valence-electron chi connectivity index (χ4n) is 2.62. The van der Waals surface area contributed by atoms with E-state index < -0.39 is 0 Å². The molecule has 0 atom stereocenters. The van der Waals surface area contributed by atoms with Crippen molar-refractivity contribution in [2.24, 2.45) is 0 Å². The molecule has 116 valence electrons. The maximum Gasteiger partial charge on any atom is 0.272 e. The lowest BCUT2D eigenvalue weighted by molar-refractivity contribution is 0.0767. The van der Waals surface area contributed by atoms with Gasteiger partial charge >= 0.3 is 0 Å². The zero-order valence-electron chi connectivity index (χ0n) is 13.2. The Balaban J connectivity index is 2.02. The molecule has 1 aliphatic rings. The average Bonchev–Trinajstić information content (AvgIpc) is 2.48. The van der Waals surface area contributed by atoms with Crippen LogP contribution in [0, 0.1) is 0 Å². The Labute approximate surface area is 131 Å². The Hall–Kier alpha value is -1.23. The summed E-state index contributed by atoms with van der Waals surface area (Å²) in [5, 5.41) is 3.48. The van der Waals surface area contributed by atoms with Crippen molar-refractivity contribution < 1.29 is 4.79 Å². The lowest BCUT2D eigenvalue weighted by atomic mass is 9.84. The smallest absolute Gasteiger partial charge is 0.272 e. The molecule has 0 aliphatic heterocycles. The summed E-state index contributed by atoms with van der Waals surface area (Å²) >= 11 is 1.95. The minimum Gasteiger partial charge on any atom is -0.384 e. The van der Waals surface area contributed by atoms with Crippen molar-refractivity contribution >= 4 is 23.4 Å². The molecular formula is C16H25N3OS. The zero-order chi connectivity index (χ0) is 15.3. The number of anilines is 1. The van der Waals surface area contributed by atoms with E-state index in [2.05, 4.69) is 16.6 Å². The van der Waals surface area contributed by atoms with Gasteiger partial charge in [0, 0.05) is 36.3 Å². The molecule has 1 heterocycles. The maximum atomic E-state index is 12.3. The van der Waals surface area contributed by atoms with Gasteiger partial charge in [-0.2, -0.15) is 11.8 Å². The molecule has 0 bridgehead atoms. The first kappa shape index (κ1) is 16.1. The summed E-state index contributed by atoms with van der Waals surface area (Å²) in [5.74, 6) is 0.00636. The molecule has 0 unspecified atom stereocenters. The predicted octanol–water partition coefficient (Wildman–Crippen LogP) is 3.26. The van der Waals surface area contributed by atoms with Crippen LogP contribution in [0.1, 0.15) is 43.6 Å². The van der Waals surface area contributed by atoms with Crippen LogP contribution in [0.2, 0.25) is 0 Å². The van der Waals surface area contributed by atoms with Crippen LogP contribution < -0.4 is 5.32 Å². The first-order valence-electron chi connectivity index (χ1n) is 7.68. The Bertz CT molecular complexity index is 479. The van der Waals surface area contributed by atoms with Gasteiger partial charge in [0.2, 0.25) is 0 Å². The van der Waals surface area contributed by atoms with E-state index in [0.717, 1.165) is 12.2 Å². The summed E-state index contributed by atoms with van der Waals surface area (Å²) < 4.78 is 0.381. The summed E-state index contributed by atoms with van der Waals surface area (Å²) in [6.07, 6.45) is 7.77. The number of carbonyl (C=O) groups excluding carboxylic acids is 1. The lowest BCUT2D eigenvalue weighted by Gasteiger charge is -2.40. The third-order valence-corrected chi connectivity index (χ3v) is 5.76. The minimum absolute atomic E-state index is 0.00636. The summed E-state index contributed by atoms with van der Waals surface area (Å²) in [6.45, 7) is 6.36. The van der Waals surface area contributed by atoms with E-state index in [-0.39, 0.29) is 5.91 Å². The van der Waals surface area contributed by atoms with Gasteiger partial charge in [-0.15, -0.1) is 0 Å². The molecule has 1 aliphatic carbocycles. The van der Waals surface area contributed by atoms with Crippen molar-refractivity contribution in [3.05, 3.63) is 24.0 Å². The van der Waals surface area contributed by atoms with Gasteiger partial charge in [-0.25, -0.2) is 0 Å². The topological polar surface area (TPSA) is 45.2 Å². The Morgan fingerprint density at radius 1 is 1.43 bits per heavy atom. The van der Waals surface area contributed by atoms with Crippen LogP contribution in [0.5, 0.6) is 0 Å². The van der Waals surface area contributed by atoms with Crippen LogP contribution in [0.15, 0.2) is 18.3 Å². The fraction of sp³-hybridized carbons (Fsp3) is 0.625. The van der Waals surface area contributed by atoms with Crippen molar-refractivity contribution in [3.8, 4) is 0 Å². The molecule has 0 aromatic carbocycles. The Morgan fingerprint density at radius 3 is 2.67 bits per heavy atom. The Morgan fingerprint density at radius 2 is 2.14 bits per heavy atom. The van der Waals surface area contributed by atoms with E-state index in [1.54, 1.807) is 11.1 Å². The number of hydrogen-bond acceptors (Lipinski definition) is 4. The first-order chi connectivity index (χ1) is 10.1. The third kappa shape index (κ3) is 3.70. The maximum absolute atomic E-state index is 12.3. The Kier molecular flexibility index (Phi) is 5.51. The number of carbonyl (C=O) groups is 1. The molecule has 5 heteroatoms. The quantitative estimate of drug-likeness (QED) is 0.840. The van der Waals surface area contributed by atoms with Crippen LogP contribution in [0.4, 0.5) is 5.69 Å². The number of pyridine rings is 1. The fourth-order valence-corrected chi connectivity index (χ4v) is 3.53. The van der Waals surface area contributed by atoms with Gasteiger partial charge in [-0.3, -0.25) is 9.78 Å². The van der Waals surface area contributed by atoms with E-state index in [4.69, 9.17) is 0 Å². The minimum atomic E-state index is 0.00636. The molecule has 1 saturated carbocycles. The molecule has 0 spiro atoms.